The normalized spacial score (nSPS) is 22.8. The summed E-state index contributed by atoms with van der Waals surface area (Å²) in [6, 6.07) is 0. The monoisotopic (exact) mass is 481 g/mol. The van der Waals surface area contributed by atoms with Gasteiger partial charge in [0, 0.05) is 5.92 Å². The van der Waals surface area contributed by atoms with Crippen molar-refractivity contribution in [3.05, 3.63) is 28.0 Å². The van der Waals surface area contributed by atoms with Crippen molar-refractivity contribution in [2.75, 3.05) is 0 Å². The second-order valence-corrected chi connectivity index (χ2v) is 15.6. The number of thiazole rings is 1. The lowest BCUT2D eigenvalue weighted by Gasteiger charge is -2.51. The van der Waals surface area contributed by atoms with Crippen LogP contribution in [0.4, 0.5) is 17.6 Å². The van der Waals surface area contributed by atoms with Crippen LogP contribution in [0.15, 0.2) is 6.20 Å². The number of hydrogen-bond acceptors (Lipinski definition) is 5. The molecule has 0 spiro atoms. The predicted molar refractivity (Wildman–Crippen MR) is 112 cm³/mol. The first-order valence-electron chi connectivity index (χ1n) is 9.49. The first-order valence-corrected chi connectivity index (χ1v) is 13.6. The van der Waals surface area contributed by atoms with Gasteiger partial charge in [0.2, 0.25) is 5.28 Å². The molecule has 166 valence electrons. The van der Waals surface area contributed by atoms with Crippen LogP contribution in [0.5, 0.6) is 0 Å². The average molecular weight is 482 g/mol. The van der Waals surface area contributed by atoms with Crippen molar-refractivity contribution in [2.45, 2.75) is 76.4 Å². The van der Waals surface area contributed by atoms with Crippen molar-refractivity contribution in [1.29, 1.82) is 0 Å². The molecule has 2 aromatic rings. The molecular weight excluding hydrogens is 458 g/mol. The summed E-state index contributed by atoms with van der Waals surface area (Å²) in [6.07, 6.45) is -2.84. The van der Waals surface area contributed by atoms with E-state index in [1.807, 2.05) is 6.92 Å². The minimum absolute atomic E-state index is 0.0305. The summed E-state index contributed by atoms with van der Waals surface area (Å²) < 4.78 is 61.5. The summed E-state index contributed by atoms with van der Waals surface area (Å²) in [6.45, 7) is 12.7. The first kappa shape index (κ1) is 23.6. The first-order chi connectivity index (χ1) is 13.5. The SMILES string of the molecule is CC1(O[Si](C)(C)C(C)(C)C)CC(c2nc(C(F)(F)F)c(-c3nc(Cl)ncc3F)s2)C1. The number of alkyl halides is 3. The summed E-state index contributed by atoms with van der Waals surface area (Å²) >= 11 is 6.48. The van der Waals surface area contributed by atoms with E-state index in [2.05, 4.69) is 48.8 Å². The molecule has 0 N–H and O–H groups in total. The number of halogens is 5. The Labute approximate surface area is 183 Å². The van der Waals surface area contributed by atoms with Gasteiger partial charge >= 0.3 is 6.18 Å². The lowest BCUT2D eigenvalue weighted by Crippen LogP contribution is -2.53. The highest BCUT2D eigenvalue weighted by Crippen LogP contribution is 2.53. The van der Waals surface area contributed by atoms with Gasteiger partial charge in [-0.3, -0.25) is 0 Å². The van der Waals surface area contributed by atoms with Gasteiger partial charge in [-0.1, -0.05) is 20.8 Å². The van der Waals surface area contributed by atoms with Crippen molar-refractivity contribution in [2.24, 2.45) is 0 Å². The van der Waals surface area contributed by atoms with Gasteiger partial charge in [0.15, 0.2) is 19.8 Å². The standard InChI is InChI=1S/C19H24ClF4N3OSSi/c1-17(2,3)30(5,6)28-18(4)7-10(8-18)15-27-14(19(22,23)24)13(29-15)12-11(21)9-25-16(20)26-12/h9-10H,7-8H2,1-6H3. The fourth-order valence-corrected chi connectivity index (χ4v) is 6.39. The van der Waals surface area contributed by atoms with E-state index in [-0.39, 0.29) is 21.1 Å². The Morgan fingerprint density at radius 1 is 1.20 bits per heavy atom. The van der Waals surface area contributed by atoms with E-state index in [4.69, 9.17) is 16.0 Å². The molecule has 4 nitrogen and oxygen atoms in total. The smallest absolute Gasteiger partial charge is 0.412 e. The quantitative estimate of drug-likeness (QED) is 0.266. The van der Waals surface area contributed by atoms with Gasteiger partial charge in [0.05, 0.1) is 21.7 Å². The Morgan fingerprint density at radius 3 is 2.33 bits per heavy atom. The van der Waals surface area contributed by atoms with Crippen LogP contribution in [0.25, 0.3) is 10.6 Å². The molecule has 0 saturated heterocycles. The minimum atomic E-state index is -4.74. The summed E-state index contributed by atoms with van der Waals surface area (Å²) in [5, 5.41) is 0.0131. The van der Waals surface area contributed by atoms with Gasteiger partial charge in [0.25, 0.3) is 0 Å². The molecule has 0 unspecified atom stereocenters. The van der Waals surface area contributed by atoms with E-state index in [9.17, 15) is 17.6 Å². The van der Waals surface area contributed by atoms with Crippen LogP contribution >= 0.6 is 22.9 Å². The van der Waals surface area contributed by atoms with Crippen molar-refractivity contribution in [3.63, 3.8) is 0 Å². The topological polar surface area (TPSA) is 47.9 Å². The molecule has 2 heterocycles. The Kier molecular flexibility index (Phi) is 5.88. The number of aromatic nitrogens is 3. The van der Waals surface area contributed by atoms with E-state index in [0.717, 1.165) is 17.5 Å². The van der Waals surface area contributed by atoms with Crippen molar-refractivity contribution >= 4 is 31.3 Å². The molecule has 1 fully saturated rings. The molecule has 3 rings (SSSR count). The third-order valence-corrected chi connectivity index (χ3v) is 11.9. The number of hydrogen-bond donors (Lipinski definition) is 0. The predicted octanol–water partition coefficient (Wildman–Crippen LogP) is 7.07. The van der Waals surface area contributed by atoms with Crippen LogP contribution in [0.2, 0.25) is 23.4 Å². The van der Waals surface area contributed by atoms with Gasteiger partial charge in [-0.2, -0.15) is 13.2 Å². The Bertz CT molecular complexity index is 952. The number of nitrogens with zero attached hydrogens (tertiary/aromatic N) is 3. The molecule has 30 heavy (non-hydrogen) atoms. The van der Waals surface area contributed by atoms with Gasteiger partial charge in [-0.25, -0.2) is 19.3 Å². The van der Waals surface area contributed by atoms with Gasteiger partial charge in [-0.15, -0.1) is 11.3 Å². The summed E-state index contributed by atoms with van der Waals surface area (Å²) in [7, 11) is -2.02. The highest BCUT2D eigenvalue weighted by molar-refractivity contribution is 7.15. The summed E-state index contributed by atoms with van der Waals surface area (Å²) in [4.78, 5) is 10.6. The molecule has 2 aromatic heterocycles. The average Bonchev–Trinajstić information content (AvgIpc) is 2.98. The zero-order chi connectivity index (χ0) is 22.7. The van der Waals surface area contributed by atoms with Crippen LogP contribution in [-0.4, -0.2) is 28.9 Å². The fraction of sp³-hybridized carbons (Fsp3) is 0.632. The third-order valence-electron chi connectivity index (χ3n) is 5.86. The molecule has 1 aliphatic carbocycles. The zero-order valence-corrected chi connectivity index (χ0v) is 20.2. The highest BCUT2D eigenvalue weighted by atomic mass is 35.5. The molecule has 0 bridgehead atoms. The third kappa shape index (κ3) is 4.56. The second kappa shape index (κ2) is 7.49. The maximum atomic E-state index is 14.2. The van der Waals surface area contributed by atoms with Crippen LogP contribution in [0.1, 0.15) is 57.2 Å². The van der Waals surface area contributed by atoms with Crippen molar-refractivity contribution < 1.29 is 22.0 Å². The molecule has 0 amide bonds. The van der Waals surface area contributed by atoms with E-state index in [1.165, 1.54) is 0 Å². The molecule has 0 aliphatic heterocycles. The van der Waals surface area contributed by atoms with Gasteiger partial charge in [0.1, 0.15) is 5.69 Å². The van der Waals surface area contributed by atoms with E-state index in [1.54, 1.807) is 0 Å². The van der Waals surface area contributed by atoms with Gasteiger partial charge in [-0.05, 0) is 49.5 Å². The maximum absolute atomic E-state index is 14.2. The Balaban J connectivity index is 1.89. The largest absolute Gasteiger partial charge is 0.434 e. The lowest BCUT2D eigenvalue weighted by molar-refractivity contribution is -0.140. The molecular formula is C19H24ClF4N3OSSi. The zero-order valence-electron chi connectivity index (χ0n) is 17.6. The molecule has 0 atom stereocenters. The fourth-order valence-electron chi connectivity index (χ4n) is 3.38. The van der Waals surface area contributed by atoms with Crippen LogP contribution in [0.3, 0.4) is 0 Å². The molecule has 11 heteroatoms. The number of rotatable bonds is 4. The Morgan fingerprint density at radius 2 is 1.80 bits per heavy atom. The van der Waals surface area contributed by atoms with Crippen LogP contribution in [0, 0.1) is 5.82 Å². The van der Waals surface area contributed by atoms with E-state index < -0.39 is 37.3 Å². The maximum Gasteiger partial charge on any atom is 0.434 e. The summed E-state index contributed by atoms with van der Waals surface area (Å²) in [5.41, 5.74) is -2.03. The highest BCUT2D eigenvalue weighted by Gasteiger charge is 2.50. The molecule has 0 aromatic carbocycles. The van der Waals surface area contributed by atoms with Gasteiger partial charge < -0.3 is 4.43 Å². The minimum Gasteiger partial charge on any atom is -0.412 e. The van der Waals surface area contributed by atoms with Crippen molar-refractivity contribution in [3.8, 4) is 10.6 Å². The van der Waals surface area contributed by atoms with E-state index >= 15 is 0 Å². The molecule has 1 aliphatic rings. The summed E-state index contributed by atoms with van der Waals surface area (Å²) in [5.74, 6) is -1.15. The second-order valence-electron chi connectivity index (χ2n) is 9.48. The van der Waals surface area contributed by atoms with Crippen molar-refractivity contribution in [1.82, 2.24) is 15.0 Å². The van der Waals surface area contributed by atoms with Crippen LogP contribution in [-0.2, 0) is 10.6 Å². The molecule has 0 radical (unpaired) electrons. The Hall–Kier alpha value is -1.10. The van der Waals surface area contributed by atoms with E-state index in [0.29, 0.717) is 17.8 Å². The molecule has 1 saturated carbocycles. The lowest BCUT2D eigenvalue weighted by atomic mass is 9.72. The van der Waals surface area contributed by atoms with Crippen LogP contribution < -0.4 is 0 Å².